The van der Waals surface area contributed by atoms with Gasteiger partial charge in [-0.25, -0.2) is 0 Å². The second-order valence-corrected chi connectivity index (χ2v) is 5.06. The van der Waals surface area contributed by atoms with Gasteiger partial charge in [-0.2, -0.15) is 0 Å². The lowest BCUT2D eigenvalue weighted by Gasteiger charge is -2.22. The number of primary amides is 1. The van der Waals surface area contributed by atoms with Crippen LogP contribution in [-0.2, 0) is 6.54 Å². The molecular weight excluding hydrogens is 274 g/mol. The molecule has 0 saturated carbocycles. The predicted molar refractivity (Wildman–Crippen MR) is 82.9 cm³/mol. The van der Waals surface area contributed by atoms with Crippen molar-refractivity contribution in [3.8, 4) is 0 Å². The molecule has 0 unspecified atom stereocenters. The molecule has 0 aliphatic carbocycles. The van der Waals surface area contributed by atoms with Crippen LogP contribution in [0, 0.1) is 0 Å². The number of halogens is 1. The van der Waals surface area contributed by atoms with Gasteiger partial charge in [0.2, 0.25) is 0 Å². The number of hydrogen-bond acceptors (Lipinski definition) is 3. The molecule has 0 heterocycles. The summed E-state index contributed by atoms with van der Waals surface area (Å²) in [7, 11) is 1.90. The minimum atomic E-state index is -0.491. The van der Waals surface area contributed by atoms with E-state index in [1.807, 2.05) is 36.2 Å². The molecule has 0 aromatic heterocycles. The SMILES string of the molecule is CN(Cc1ccc(Cl)cc1)c1ccc(N)cc1C(N)=O. The number of nitrogen functional groups attached to an aromatic ring is 1. The number of carbonyl (C=O) groups excluding carboxylic acids is 1. The maximum absolute atomic E-state index is 11.5. The van der Waals surface area contributed by atoms with Crippen LogP contribution >= 0.6 is 11.6 Å². The van der Waals surface area contributed by atoms with Gasteiger partial charge >= 0.3 is 0 Å². The molecule has 104 valence electrons. The lowest BCUT2D eigenvalue weighted by atomic mass is 10.1. The van der Waals surface area contributed by atoms with E-state index >= 15 is 0 Å². The van der Waals surface area contributed by atoms with Gasteiger partial charge < -0.3 is 16.4 Å². The van der Waals surface area contributed by atoms with Crippen LogP contribution in [0.2, 0.25) is 5.02 Å². The largest absolute Gasteiger partial charge is 0.399 e. The number of amides is 1. The van der Waals surface area contributed by atoms with Crippen molar-refractivity contribution in [2.75, 3.05) is 17.7 Å². The predicted octanol–water partition coefficient (Wildman–Crippen LogP) is 2.66. The average Bonchev–Trinajstić information content (AvgIpc) is 2.41. The van der Waals surface area contributed by atoms with Crippen molar-refractivity contribution in [1.29, 1.82) is 0 Å². The zero-order valence-electron chi connectivity index (χ0n) is 11.1. The molecule has 0 atom stereocenters. The van der Waals surface area contributed by atoms with Gasteiger partial charge in [-0.1, -0.05) is 23.7 Å². The van der Waals surface area contributed by atoms with Crippen molar-refractivity contribution in [1.82, 2.24) is 0 Å². The van der Waals surface area contributed by atoms with Crippen molar-refractivity contribution in [3.63, 3.8) is 0 Å². The Bertz CT molecular complexity index is 626. The van der Waals surface area contributed by atoms with Gasteiger partial charge in [0.1, 0.15) is 0 Å². The lowest BCUT2D eigenvalue weighted by molar-refractivity contribution is 0.100. The Balaban J connectivity index is 2.27. The summed E-state index contributed by atoms with van der Waals surface area (Å²) in [5.41, 5.74) is 13.9. The van der Waals surface area contributed by atoms with Gasteiger partial charge in [0.05, 0.1) is 5.56 Å². The number of rotatable bonds is 4. The molecule has 0 bridgehead atoms. The summed E-state index contributed by atoms with van der Waals surface area (Å²) in [4.78, 5) is 13.4. The molecule has 5 heteroatoms. The summed E-state index contributed by atoms with van der Waals surface area (Å²) in [5.74, 6) is -0.491. The fraction of sp³-hybridized carbons (Fsp3) is 0.133. The number of carbonyl (C=O) groups is 1. The van der Waals surface area contributed by atoms with Crippen LogP contribution in [0.4, 0.5) is 11.4 Å². The standard InChI is InChI=1S/C15H16ClN3O/c1-19(9-10-2-4-11(16)5-3-10)14-7-6-12(17)8-13(14)15(18)20/h2-8H,9,17H2,1H3,(H2,18,20). The summed E-state index contributed by atoms with van der Waals surface area (Å²) in [6, 6.07) is 12.7. The van der Waals surface area contributed by atoms with Crippen LogP contribution in [0.25, 0.3) is 0 Å². The minimum Gasteiger partial charge on any atom is -0.399 e. The smallest absolute Gasteiger partial charge is 0.250 e. The van der Waals surface area contributed by atoms with Gasteiger partial charge in [-0.15, -0.1) is 0 Å². The monoisotopic (exact) mass is 289 g/mol. The Morgan fingerprint density at radius 3 is 2.45 bits per heavy atom. The molecule has 0 aliphatic rings. The maximum Gasteiger partial charge on any atom is 0.250 e. The Hall–Kier alpha value is -2.20. The molecule has 0 spiro atoms. The Morgan fingerprint density at radius 2 is 1.85 bits per heavy atom. The molecule has 0 radical (unpaired) electrons. The number of nitrogens with zero attached hydrogens (tertiary/aromatic N) is 1. The molecule has 0 saturated heterocycles. The van der Waals surface area contributed by atoms with Crippen LogP contribution in [-0.4, -0.2) is 13.0 Å². The third-order valence-electron chi connectivity index (χ3n) is 3.03. The number of benzene rings is 2. The molecule has 4 N–H and O–H groups in total. The molecule has 4 nitrogen and oxygen atoms in total. The third-order valence-corrected chi connectivity index (χ3v) is 3.28. The quantitative estimate of drug-likeness (QED) is 0.850. The first-order valence-corrected chi connectivity index (χ1v) is 6.50. The van der Waals surface area contributed by atoms with E-state index in [4.69, 9.17) is 23.1 Å². The van der Waals surface area contributed by atoms with Crippen LogP contribution < -0.4 is 16.4 Å². The van der Waals surface area contributed by atoms with Crippen molar-refractivity contribution >= 4 is 28.9 Å². The topological polar surface area (TPSA) is 72.3 Å². The zero-order chi connectivity index (χ0) is 14.7. The highest BCUT2D eigenvalue weighted by molar-refractivity contribution is 6.30. The van der Waals surface area contributed by atoms with Gasteiger partial charge in [-0.3, -0.25) is 4.79 Å². The minimum absolute atomic E-state index is 0.418. The third kappa shape index (κ3) is 3.22. The van der Waals surface area contributed by atoms with Crippen LogP contribution in [0.15, 0.2) is 42.5 Å². The summed E-state index contributed by atoms with van der Waals surface area (Å²) in [5, 5.41) is 0.696. The fourth-order valence-electron chi connectivity index (χ4n) is 2.03. The van der Waals surface area contributed by atoms with Crippen LogP contribution in [0.1, 0.15) is 15.9 Å². The molecule has 2 aromatic rings. The lowest BCUT2D eigenvalue weighted by Crippen LogP contribution is -2.22. The molecule has 20 heavy (non-hydrogen) atoms. The Kier molecular flexibility index (Phi) is 4.15. The van der Waals surface area contributed by atoms with Gasteiger partial charge in [0.25, 0.3) is 5.91 Å². The Labute approximate surface area is 122 Å². The summed E-state index contributed by atoms with van der Waals surface area (Å²) in [6.45, 7) is 0.640. The molecule has 2 rings (SSSR count). The molecular formula is C15H16ClN3O. The maximum atomic E-state index is 11.5. The van der Waals surface area contributed by atoms with Crippen molar-refractivity contribution in [3.05, 3.63) is 58.6 Å². The summed E-state index contributed by atoms with van der Waals surface area (Å²) >= 11 is 5.86. The van der Waals surface area contributed by atoms with Crippen LogP contribution in [0.3, 0.4) is 0 Å². The first-order chi connectivity index (χ1) is 9.47. The van der Waals surface area contributed by atoms with Gasteiger partial charge in [0.15, 0.2) is 0 Å². The second-order valence-electron chi connectivity index (χ2n) is 4.62. The average molecular weight is 290 g/mol. The normalized spacial score (nSPS) is 10.3. The van der Waals surface area contributed by atoms with E-state index < -0.39 is 5.91 Å². The number of anilines is 2. The zero-order valence-corrected chi connectivity index (χ0v) is 11.9. The Morgan fingerprint density at radius 1 is 1.20 bits per heavy atom. The van der Waals surface area contributed by atoms with E-state index in [2.05, 4.69) is 0 Å². The fourth-order valence-corrected chi connectivity index (χ4v) is 2.16. The highest BCUT2D eigenvalue weighted by Crippen LogP contribution is 2.23. The molecule has 2 aromatic carbocycles. The van der Waals surface area contributed by atoms with E-state index in [1.165, 1.54) is 0 Å². The van der Waals surface area contributed by atoms with E-state index in [9.17, 15) is 4.79 Å². The van der Waals surface area contributed by atoms with Gasteiger partial charge in [-0.05, 0) is 35.9 Å². The highest BCUT2D eigenvalue weighted by atomic mass is 35.5. The van der Waals surface area contributed by atoms with Gasteiger partial charge in [0, 0.05) is 30.0 Å². The van der Waals surface area contributed by atoms with E-state index in [0.29, 0.717) is 22.8 Å². The number of hydrogen-bond donors (Lipinski definition) is 2. The molecule has 0 fully saturated rings. The first-order valence-electron chi connectivity index (χ1n) is 6.12. The molecule has 1 amide bonds. The van der Waals surface area contributed by atoms with Crippen molar-refractivity contribution in [2.24, 2.45) is 5.73 Å². The van der Waals surface area contributed by atoms with Crippen LogP contribution in [0.5, 0.6) is 0 Å². The van der Waals surface area contributed by atoms with Crippen molar-refractivity contribution in [2.45, 2.75) is 6.54 Å². The summed E-state index contributed by atoms with van der Waals surface area (Å²) in [6.07, 6.45) is 0. The van der Waals surface area contributed by atoms with E-state index in [-0.39, 0.29) is 0 Å². The first kappa shape index (κ1) is 14.2. The molecule has 0 aliphatic heterocycles. The second kappa shape index (κ2) is 5.84. The highest BCUT2D eigenvalue weighted by Gasteiger charge is 2.12. The van der Waals surface area contributed by atoms with E-state index in [0.717, 1.165) is 11.3 Å². The summed E-state index contributed by atoms with van der Waals surface area (Å²) < 4.78 is 0. The van der Waals surface area contributed by atoms with E-state index in [1.54, 1.807) is 18.2 Å². The number of nitrogens with two attached hydrogens (primary N) is 2. The van der Waals surface area contributed by atoms with Crippen molar-refractivity contribution < 1.29 is 4.79 Å².